The van der Waals surface area contributed by atoms with E-state index in [2.05, 4.69) is 15.0 Å². The van der Waals surface area contributed by atoms with Gasteiger partial charge < -0.3 is 63.4 Å². The van der Waals surface area contributed by atoms with E-state index in [1.54, 1.807) is 0 Å². The van der Waals surface area contributed by atoms with Crippen LogP contribution in [0.4, 0.5) is 5.82 Å². The molecule has 0 bridgehead atoms. The van der Waals surface area contributed by atoms with Crippen molar-refractivity contribution < 1.29 is 95.1 Å². The standard InChI is InChI=1S/C27H37N5O20P2S/c1-10(33)43-6-16(45-11(2)34)20-21(46-12(3)35)22(47-13(4)36)23(48-14(5)37)27(50-20)51-53(40,41)52-54(42,55)44-7-15-18(38)19(39)26(49-15)32-9-31-17-24(28)29-8-30-25(17)32/h8-9,15-16,18-23,26-27,38-39H,6-7H2,1-5H3,(H,40,41)(H,42,55)(H2,28,29,30)/t15-,16?,18-,19-,20-,21-,22+,23+,26-,27+,54?/m1/s1. The largest absolute Gasteiger partial charge is 0.481 e. The van der Waals surface area contributed by atoms with Crippen molar-refractivity contribution in [1.29, 1.82) is 0 Å². The predicted octanol–water partition coefficient (Wildman–Crippen LogP) is -1.59. The number of ether oxygens (including phenoxy) is 7. The van der Waals surface area contributed by atoms with Gasteiger partial charge in [0.15, 0.2) is 42.1 Å². The van der Waals surface area contributed by atoms with E-state index < -0.39 is 119 Å². The van der Waals surface area contributed by atoms with E-state index in [1.807, 2.05) is 0 Å². The van der Waals surface area contributed by atoms with Crippen molar-refractivity contribution in [3.8, 4) is 0 Å². The van der Waals surface area contributed by atoms with Crippen LogP contribution in [0.1, 0.15) is 40.8 Å². The van der Waals surface area contributed by atoms with Crippen LogP contribution in [-0.2, 0) is 86.9 Å². The lowest BCUT2D eigenvalue weighted by atomic mass is 9.94. The summed E-state index contributed by atoms with van der Waals surface area (Å²) in [5.74, 6) is -5.00. The number of imidazole rings is 1. The molecular weight excluding hydrogens is 808 g/mol. The van der Waals surface area contributed by atoms with Gasteiger partial charge in [-0.15, -0.1) is 0 Å². The van der Waals surface area contributed by atoms with E-state index in [1.165, 1.54) is 10.9 Å². The monoisotopic (exact) mass is 845 g/mol. The summed E-state index contributed by atoms with van der Waals surface area (Å²) in [6.07, 6.45) is -15.4. The van der Waals surface area contributed by atoms with Gasteiger partial charge in [0.2, 0.25) is 6.29 Å². The Bertz CT molecular complexity index is 1870. The second kappa shape index (κ2) is 18.0. The summed E-state index contributed by atoms with van der Waals surface area (Å²) < 4.78 is 66.9. The SMILES string of the molecule is CC(=O)OCC(OC(C)=O)[C@H]1O[C@@H](OP(=O)(O)OP(O)(=S)OC[C@H]2O[C@@H](n3cnc4c(N)ncnc43)[C@H](O)[C@@H]2O)[C@@H](OC(C)=O)[C@@H](OC(C)=O)[C@@H]1OC(C)=O. The fourth-order valence-corrected chi connectivity index (χ4v) is 8.52. The molecule has 28 heteroatoms. The first kappa shape index (κ1) is 43.9. The van der Waals surface area contributed by atoms with Crippen LogP contribution in [0.15, 0.2) is 12.7 Å². The number of carbonyl (C=O) groups excluding carboxylic acids is 5. The highest BCUT2D eigenvalue weighted by atomic mass is 32.5. The molecule has 4 heterocycles. The lowest BCUT2D eigenvalue weighted by molar-refractivity contribution is -0.301. The highest BCUT2D eigenvalue weighted by Crippen LogP contribution is 2.62. The number of aliphatic hydroxyl groups excluding tert-OH is 2. The maximum Gasteiger partial charge on any atom is 0.481 e. The number of nitrogens with zero attached hydrogens (tertiary/aromatic N) is 4. The number of nitrogen functional groups attached to an aromatic ring is 1. The second-order valence-electron chi connectivity index (χ2n) is 11.7. The molecule has 6 N–H and O–H groups in total. The van der Waals surface area contributed by atoms with Gasteiger partial charge in [-0.3, -0.25) is 33.1 Å². The Hall–Kier alpha value is -3.78. The summed E-state index contributed by atoms with van der Waals surface area (Å²) in [5.41, 5.74) is 6.10. The summed E-state index contributed by atoms with van der Waals surface area (Å²) >= 11 is 4.87. The molecule has 3 unspecified atom stereocenters. The fourth-order valence-electron chi connectivity index (χ4n) is 5.42. The van der Waals surface area contributed by atoms with Crippen molar-refractivity contribution in [2.45, 2.75) is 96.0 Å². The molecule has 2 aliphatic heterocycles. The third-order valence-corrected chi connectivity index (χ3v) is 10.9. The number of aliphatic hydroxyl groups is 2. The van der Waals surface area contributed by atoms with E-state index in [4.69, 9.17) is 64.1 Å². The van der Waals surface area contributed by atoms with Crippen molar-refractivity contribution in [2.24, 2.45) is 0 Å². The maximum absolute atomic E-state index is 13.4. The first-order valence-electron chi connectivity index (χ1n) is 15.7. The van der Waals surface area contributed by atoms with Crippen molar-refractivity contribution in [2.75, 3.05) is 18.9 Å². The number of hydrogen-bond acceptors (Lipinski definition) is 23. The van der Waals surface area contributed by atoms with E-state index in [0.717, 1.165) is 40.9 Å². The molecule has 0 saturated carbocycles. The van der Waals surface area contributed by atoms with Gasteiger partial charge in [0.25, 0.3) is 0 Å². The minimum absolute atomic E-state index is 0.0242. The number of phosphoric acid groups is 1. The lowest BCUT2D eigenvalue weighted by Crippen LogP contribution is -2.65. The molecule has 306 valence electrons. The average Bonchev–Trinajstić information content (AvgIpc) is 3.60. The van der Waals surface area contributed by atoms with Crippen LogP contribution >= 0.6 is 14.5 Å². The Kier molecular flexibility index (Phi) is 14.4. The van der Waals surface area contributed by atoms with Crippen LogP contribution in [0.25, 0.3) is 11.2 Å². The first-order valence-corrected chi connectivity index (χ1v) is 19.8. The first-order chi connectivity index (χ1) is 25.6. The zero-order valence-electron chi connectivity index (χ0n) is 29.3. The Labute approximate surface area is 315 Å². The van der Waals surface area contributed by atoms with E-state index >= 15 is 0 Å². The zero-order valence-corrected chi connectivity index (χ0v) is 31.9. The molecule has 55 heavy (non-hydrogen) atoms. The molecule has 25 nitrogen and oxygen atoms in total. The number of esters is 5. The van der Waals surface area contributed by atoms with Crippen molar-refractivity contribution >= 4 is 73.2 Å². The number of anilines is 1. The molecule has 4 rings (SSSR count). The van der Waals surface area contributed by atoms with Crippen LogP contribution in [-0.4, -0.2) is 138 Å². The Morgan fingerprint density at radius 1 is 0.891 bits per heavy atom. The summed E-state index contributed by atoms with van der Waals surface area (Å²) in [6.45, 7) is -1.80. The van der Waals surface area contributed by atoms with Crippen LogP contribution in [0, 0.1) is 0 Å². The van der Waals surface area contributed by atoms with Crippen LogP contribution < -0.4 is 5.73 Å². The van der Waals surface area contributed by atoms with Gasteiger partial charge >= 0.3 is 44.4 Å². The van der Waals surface area contributed by atoms with Gasteiger partial charge in [-0.2, -0.15) is 0 Å². The van der Waals surface area contributed by atoms with E-state index in [0.29, 0.717) is 0 Å². The molecule has 2 saturated heterocycles. The molecule has 2 aliphatic rings. The smallest absolute Gasteiger partial charge is 0.462 e. The number of rotatable bonds is 15. The second-order valence-corrected chi connectivity index (χ2v) is 16.1. The van der Waals surface area contributed by atoms with Crippen LogP contribution in [0.5, 0.6) is 0 Å². The molecule has 0 spiro atoms. The molecule has 2 aromatic rings. The number of hydrogen-bond donors (Lipinski definition) is 5. The molecular formula is C27H37N5O20P2S. The molecule has 12 atom stereocenters. The minimum Gasteiger partial charge on any atom is -0.462 e. The normalized spacial score (nSPS) is 29.3. The Morgan fingerprint density at radius 2 is 1.51 bits per heavy atom. The number of aromatic nitrogens is 4. The molecule has 0 aliphatic carbocycles. The van der Waals surface area contributed by atoms with E-state index in [9.17, 15) is 48.5 Å². The molecule has 0 aromatic carbocycles. The van der Waals surface area contributed by atoms with Gasteiger partial charge in [-0.05, 0) is 11.8 Å². The zero-order chi connectivity index (χ0) is 41.0. The number of phosphoric ester groups is 1. The molecule has 0 radical (unpaired) electrons. The minimum atomic E-state index is -5.74. The molecule has 2 fully saturated rings. The third-order valence-electron chi connectivity index (χ3n) is 7.42. The number of fused-ring (bicyclic) bond motifs is 1. The quantitative estimate of drug-likeness (QED) is 0.0766. The summed E-state index contributed by atoms with van der Waals surface area (Å²) in [5, 5.41) is 21.3. The molecule has 2 aromatic heterocycles. The van der Waals surface area contributed by atoms with Gasteiger partial charge in [-0.1, -0.05) is 0 Å². The Morgan fingerprint density at radius 3 is 2.11 bits per heavy atom. The van der Waals surface area contributed by atoms with Gasteiger partial charge in [-0.25, -0.2) is 23.8 Å². The van der Waals surface area contributed by atoms with Crippen LogP contribution in [0.2, 0.25) is 0 Å². The van der Waals surface area contributed by atoms with Crippen LogP contribution in [0.3, 0.4) is 0 Å². The summed E-state index contributed by atoms with van der Waals surface area (Å²) in [4.78, 5) is 93.7. The third kappa shape index (κ3) is 11.4. The Balaban J connectivity index is 1.57. The van der Waals surface area contributed by atoms with Gasteiger partial charge in [0, 0.05) is 34.6 Å². The number of carbonyl (C=O) groups is 5. The summed E-state index contributed by atoms with van der Waals surface area (Å²) in [7, 11) is -5.74. The predicted molar refractivity (Wildman–Crippen MR) is 178 cm³/mol. The molecule has 0 amide bonds. The lowest BCUT2D eigenvalue weighted by Gasteiger charge is -2.45. The highest BCUT2D eigenvalue weighted by Gasteiger charge is 2.57. The van der Waals surface area contributed by atoms with E-state index in [-0.39, 0.29) is 17.0 Å². The highest BCUT2D eigenvalue weighted by molar-refractivity contribution is 8.08. The maximum atomic E-state index is 13.4. The van der Waals surface area contributed by atoms with Crippen molar-refractivity contribution in [1.82, 2.24) is 19.5 Å². The topological polar surface area (TPSA) is 345 Å². The van der Waals surface area contributed by atoms with Gasteiger partial charge in [0.1, 0.15) is 42.9 Å². The fraction of sp³-hybridized carbons (Fsp3) is 0.630. The average molecular weight is 846 g/mol. The van der Waals surface area contributed by atoms with Crippen molar-refractivity contribution in [3.63, 3.8) is 0 Å². The number of nitrogens with two attached hydrogens (primary N) is 1. The summed E-state index contributed by atoms with van der Waals surface area (Å²) in [6, 6.07) is 0. The van der Waals surface area contributed by atoms with Crippen molar-refractivity contribution in [3.05, 3.63) is 12.7 Å². The van der Waals surface area contributed by atoms with Gasteiger partial charge in [0.05, 0.1) is 12.9 Å².